The summed E-state index contributed by atoms with van der Waals surface area (Å²) in [5.74, 6) is -0.578. The van der Waals surface area contributed by atoms with E-state index in [2.05, 4.69) is 5.32 Å². The monoisotopic (exact) mass is 311 g/mol. The lowest BCUT2D eigenvalue weighted by atomic mass is 10.1. The Kier molecular flexibility index (Phi) is 4.91. The molecule has 1 N–H and O–H groups in total. The lowest BCUT2D eigenvalue weighted by Gasteiger charge is -2.12. The summed E-state index contributed by atoms with van der Waals surface area (Å²) in [6.45, 7) is -0.192. The van der Waals surface area contributed by atoms with Crippen LogP contribution in [0.15, 0.2) is 42.5 Å². The van der Waals surface area contributed by atoms with Crippen molar-refractivity contribution in [3.05, 3.63) is 48.0 Å². The molecule has 0 aromatic heterocycles. The highest BCUT2D eigenvalue weighted by atomic mass is 16.5. The number of rotatable bonds is 5. The van der Waals surface area contributed by atoms with E-state index in [0.29, 0.717) is 0 Å². The van der Waals surface area contributed by atoms with Crippen molar-refractivity contribution in [2.75, 3.05) is 6.61 Å². The molecule has 1 saturated carbocycles. The third-order valence-corrected chi connectivity index (χ3v) is 4.25. The molecular weight excluding hydrogens is 290 g/mol. The molecule has 0 heterocycles. The van der Waals surface area contributed by atoms with E-state index in [9.17, 15) is 9.59 Å². The summed E-state index contributed by atoms with van der Waals surface area (Å²) in [6.07, 6.45) is 4.55. The van der Waals surface area contributed by atoms with Crippen molar-refractivity contribution in [2.45, 2.75) is 38.1 Å². The van der Waals surface area contributed by atoms with Gasteiger partial charge in [-0.05, 0) is 29.2 Å². The van der Waals surface area contributed by atoms with Gasteiger partial charge in [0.05, 0.1) is 6.42 Å². The number of nitrogens with one attached hydrogen (secondary N) is 1. The first-order chi connectivity index (χ1) is 11.2. The van der Waals surface area contributed by atoms with E-state index >= 15 is 0 Å². The number of hydrogen-bond acceptors (Lipinski definition) is 3. The number of carbonyl (C=O) groups is 2. The minimum absolute atomic E-state index is 0.182. The van der Waals surface area contributed by atoms with Crippen LogP contribution in [0.2, 0.25) is 0 Å². The lowest BCUT2D eigenvalue weighted by Crippen LogP contribution is -2.36. The SMILES string of the molecule is O=C(COC(=O)Cc1ccc2ccccc2c1)NC1CCCC1. The molecule has 0 spiro atoms. The molecule has 23 heavy (non-hydrogen) atoms. The summed E-state index contributed by atoms with van der Waals surface area (Å²) < 4.78 is 5.08. The van der Waals surface area contributed by atoms with Gasteiger partial charge in [0, 0.05) is 6.04 Å². The zero-order valence-electron chi connectivity index (χ0n) is 13.1. The summed E-state index contributed by atoms with van der Waals surface area (Å²) in [7, 11) is 0. The number of amides is 1. The second-order valence-electron chi connectivity index (χ2n) is 6.07. The highest BCUT2D eigenvalue weighted by molar-refractivity contribution is 5.85. The number of ether oxygens (including phenoxy) is 1. The fraction of sp³-hybridized carbons (Fsp3) is 0.368. The molecule has 0 radical (unpaired) electrons. The summed E-state index contributed by atoms with van der Waals surface area (Å²) in [5, 5.41) is 5.14. The van der Waals surface area contributed by atoms with E-state index in [1.807, 2.05) is 42.5 Å². The van der Waals surface area contributed by atoms with Crippen LogP contribution >= 0.6 is 0 Å². The summed E-state index contributed by atoms with van der Waals surface area (Å²) in [5.41, 5.74) is 0.893. The molecule has 1 aliphatic carbocycles. The molecular formula is C19H21NO3. The molecule has 4 heteroatoms. The highest BCUT2D eigenvalue weighted by Gasteiger charge is 2.17. The number of benzene rings is 2. The first kappa shape index (κ1) is 15.5. The Morgan fingerprint density at radius 1 is 1.04 bits per heavy atom. The van der Waals surface area contributed by atoms with Crippen LogP contribution in [0.5, 0.6) is 0 Å². The summed E-state index contributed by atoms with van der Waals surface area (Å²) in [4.78, 5) is 23.6. The molecule has 1 fully saturated rings. The molecule has 1 aliphatic rings. The van der Waals surface area contributed by atoms with Crippen molar-refractivity contribution in [1.29, 1.82) is 0 Å². The van der Waals surface area contributed by atoms with Gasteiger partial charge in [-0.15, -0.1) is 0 Å². The van der Waals surface area contributed by atoms with Crippen LogP contribution in [0.4, 0.5) is 0 Å². The van der Waals surface area contributed by atoms with Gasteiger partial charge in [-0.2, -0.15) is 0 Å². The average Bonchev–Trinajstić information content (AvgIpc) is 3.06. The smallest absolute Gasteiger partial charge is 0.310 e. The molecule has 1 amide bonds. The minimum atomic E-state index is -0.373. The minimum Gasteiger partial charge on any atom is -0.455 e. The Labute approximate surface area is 135 Å². The highest BCUT2D eigenvalue weighted by Crippen LogP contribution is 2.18. The van der Waals surface area contributed by atoms with Gasteiger partial charge >= 0.3 is 5.97 Å². The molecule has 0 aliphatic heterocycles. The zero-order chi connectivity index (χ0) is 16.1. The first-order valence-corrected chi connectivity index (χ1v) is 8.13. The Morgan fingerprint density at radius 2 is 1.78 bits per heavy atom. The Hall–Kier alpha value is -2.36. The quantitative estimate of drug-likeness (QED) is 0.864. The third kappa shape index (κ3) is 4.31. The molecule has 0 unspecified atom stereocenters. The number of hydrogen-bond donors (Lipinski definition) is 1. The third-order valence-electron chi connectivity index (χ3n) is 4.25. The van der Waals surface area contributed by atoms with Crippen LogP contribution in [-0.2, 0) is 20.7 Å². The average molecular weight is 311 g/mol. The van der Waals surface area contributed by atoms with Crippen LogP contribution in [0.25, 0.3) is 10.8 Å². The van der Waals surface area contributed by atoms with E-state index in [0.717, 1.165) is 42.0 Å². The van der Waals surface area contributed by atoms with Crippen molar-refractivity contribution >= 4 is 22.6 Å². The fourth-order valence-electron chi connectivity index (χ4n) is 3.05. The van der Waals surface area contributed by atoms with Crippen molar-refractivity contribution in [1.82, 2.24) is 5.32 Å². The van der Waals surface area contributed by atoms with Crippen LogP contribution in [0.1, 0.15) is 31.2 Å². The zero-order valence-corrected chi connectivity index (χ0v) is 13.1. The van der Waals surface area contributed by atoms with Crippen LogP contribution in [0, 0.1) is 0 Å². The van der Waals surface area contributed by atoms with Gasteiger partial charge < -0.3 is 10.1 Å². The van der Waals surface area contributed by atoms with Gasteiger partial charge in [0.25, 0.3) is 5.91 Å². The summed E-state index contributed by atoms with van der Waals surface area (Å²) in [6, 6.07) is 14.1. The van der Waals surface area contributed by atoms with Crippen LogP contribution < -0.4 is 5.32 Å². The Morgan fingerprint density at radius 3 is 2.57 bits per heavy atom. The van der Waals surface area contributed by atoms with Gasteiger partial charge in [-0.25, -0.2) is 0 Å². The van der Waals surface area contributed by atoms with Gasteiger partial charge in [-0.3, -0.25) is 9.59 Å². The topological polar surface area (TPSA) is 55.4 Å². The second kappa shape index (κ2) is 7.27. The fourth-order valence-corrected chi connectivity index (χ4v) is 3.05. The maximum Gasteiger partial charge on any atom is 0.310 e. The van der Waals surface area contributed by atoms with E-state index in [-0.39, 0.29) is 30.9 Å². The van der Waals surface area contributed by atoms with Crippen LogP contribution in [-0.4, -0.2) is 24.5 Å². The van der Waals surface area contributed by atoms with Crippen LogP contribution in [0.3, 0.4) is 0 Å². The van der Waals surface area contributed by atoms with E-state index in [1.165, 1.54) is 0 Å². The Balaban J connectivity index is 1.48. The maximum absolute atomic E-state index is 11.9. The largest absolute Gasteiger partial charge is 0.455 e. The van der Waals surface area contributed by atoms with Gasteiger partial charge in [0.2, 0.25) is 0 Å². The lowest BCUT2D eigenvalue weighted by molar-refractivity contribution is -0.148. The first-order valence-electron chi connectivity index (χ1n) is 8.13. The van der Waals surface area contributed by atoms with E-state index in [4.69, 9.17) is 4.74 Å². The van der Waals surface area contributed by atoms with Crippen molar-refractivity contribution < 1.29 is 14.3 Å². The molecule has 2 aromatic rings. The number of esters is 1. The normalized spacial score (nSPS) is 14.8. The summed E-state index contributed by atoms with van der Waals surface area (Å²) >= 11 is 0. The molecule has 0 bridgehead atoms. The number of carbonyl (C=O) groups excluding carboxylic acids is 2. The van der Waals surface area contributed by atoms with E-state index in [1.54, 1.807) is 0 Å². The maximum atomic E-state index is 11.9. The predicted octanol–water partition coefficient (Wildman–Crippen LogP) is 2.98. The molecule has 4 nitrogen and oxygen atoms in total. The van der Waals surface area contributed by atoms with Crippen molar-refractivity contribution in [2.24, 2.45) is 0 Å². The van der Waals surface area contributed by atoms with Gasteiger partial charge in [0.1, 0.15) is 0 Å². The standard InChI is InChI=1S/C19H21NO3/c21-18(20-17-7-3-4-8-17)13-23-19(22)12-14-9-10-15-5-1-2-6-16(15)11-14/h1-2,5-6,9-11,17H,3-4,7-8,12-13H2,(H,20,21). The molecule has 0 atom stereocenters. The molecule has 2 aromatic carbocycles. The van der Waals surface area contributed by atoms with Crippen molar-refractivity contribution in [3.8, 4) is 0 Å². The number of fused-ring (bicyclic) bond motifs is 1. The predicted molar refractivity (Wildman–Crippen MR) is 89.0 cm³/mol. The Bertz CT molecular complexity index is 705. The molecule has 120 valence electrons. The van der Waals surface area contributed by atoms with Gasteiger partial charge in [-0.1, -0.05) is 55.3 Å². The van der Waals surface area contributed by atoms with Gasteiger partial charge in [0.15, 0.2) is 6.61 Å². The molecule has 3 rings (SSSR count). The van der Waals surface area contributed by atoms with Crippen molar-refractivity contribution in [3.63, 3.8) is 0 Å². The second-order valence-corrected chi connectivity index (χ2v) is 6.07. The van der Waals surface area contributed by atoms with E-state index < -0.39 is 0 Å². The molecule has 0 saturated heterocycles.